The standard InChI is InChI=1S/C32H33N3O2.C3H7NO2.3C2H6/c1-24-29(12-7-13-31(24)27-10-4-3-5-11-27)23-36-30-15-14-28(21-35-17-16-34-2)32(19-30)37-22-26-9-6-8-25(18-26)20-33;5-2-1-4-3-6;3*1-2/h3-15,18-19,34-35H,16-17,21-23H2,1-2H3;3,5H,1-2H2,(H,4,6);3*1-2H3. The minimum Gasteiger partial charge on any atom is -0.489 e. The fourth-order valence-corrected chi connectivity index (χ4v) is 4.29. The Morgan fingerprint density at radius 2 is 1.49 bits per heavy atom. The molecule has 8 nitrogen and oxygen atoms in total. The molecule has 0 saturated heterocycles. The van der Waals surface area contributed by atoms with Crippen LogP contribution < -0.4 is 25.4 Å². The maximum absolute atomic E-state index is 9.34. The van der Waals surface area contributed by atoms with Crippen molar-refractivity contribution in [2.45, 2.75) is 68.2 Å². The van der Waals surface area contributed by atoms with Crippen molar-refractivity contribution in [2.75, 3.05) is 33.3 Å². The number of aliphatic hydroxyl groups is 1. The van der Waals surface area contributed by atoms with Gasteiger partial charge in [-0.05, 0) is 60.0 Å². The summed E-state index contributed by atoms with van der Waals surface area (Å²) < 4.78 is 12.5. The van der Waals surface area contributed by atoms with E-state index in [-0.39, 0.29) is 6.61 Å². The van der Waals surface area contributed by atoms with Gasteiger partial charge in [0.05, 0.1) is 18.2 Å². The zero-order valence-electron chi connectivity index (χ0n) is 30.8. The third-order valence-corrected chi connectivity index (χ3v) is 6.62. The van der Waals surface area contributed by atoms with Crippen molar-refractivity contribution in [3.05, 3.63) is 119 Å². The second kappa shape index (κ2) is 29.5. The van der Waals surface area contributed by atoms with Crippen LogP contribution in [0.2, 0.25) is 0 Å². The number of ether oxygens (including phenoxy) is 2. The largest absolute Gasteiger partial charge is 0.489 e. The van der Waals surface area contributed by atoms with Gasteiger partial charge in [-0.1, -0.05) is 108 Å². The molecule has 0 saturated carbocycles. The molecular formula is C41H58N4O4. The van der Waals surface area contributed by atoms with E-state index in [0.717, 1.165) is 41.3 Å². The summed E-state index contributed by atoms with van der Waals surface area (Å²) in [5, 5.41) is 26.0. The van der Waals surface area contributed by atoms with Gasteiger partial charge in [0, 0.05) is 37.8 Å². The molecule has 8 heteroatoms. The lowest BCUT2D eigenvalue weighted by molar-refractivity contribution is -0.109. The molecule has 0 aliphatic rings. The topological polar surface area (TPSA) is 116 Å². The Hall–Kier alpha value is -4.68. The molecule has 0 unspecified atom stereocenters. The summed E-state index contributed by atoms with van der Waals surface area (Å²) in [4.78, 5) is 9.34. The van der Waals surface area contributed by atoms with E-state index in [0.29, 0.717) is 38.3 Å². The highest BCUT2D eigenvalue weighted by molar-refractivity contribution is 5.68. The van der Waals surface area contributed by atoms with Crippen molar-refractivity contribution < 1.29 is 19.4 Å². The molecule has 0 aliphatic carbocycles. The Morgan fingerprint density at radius 1 is 0.776 bits per heavy atom. The zero-order chi connectivity index (χ0) is 36.7. The van der Waals surface area contributed by atoms with Gasteiger partial charge >= 0.3 is 0 Å². The van der Waals surface area contributed by atoms with Crippen LogP contribution in [-0.2, 0) is 24.6 Å². The summed E-state index contributed by atoms with van der Waals surface area (Å²) in [5.41, 5.74) is 7.42. The molecule has 4 N–H and O–H groups in total. The molecule has 1 amide bonds. The Labute approximate surface area is 295 Å². The van der Waals surface area contributed by atoms with E-state index in [9.17, 15) is 10.1 Å². The Bertz CT molecular complexity index is 1460. The molecule has 266 valence electrons. The first-order chi connectivity index (χ1) is 24.1. The molecule has 0 radical (unpaired) electrons. The minimum atomic E-state index is 0.0126. The number of likely N-dealkylation sites (N-methyl/N-ethyl adjacent to an activating group) is 1. The maximum atomic E-state index is 9.34. The van der Waals surface area contributed by atoms with Crippen molar-refractivity contribution in [3.63, 3.8) is 0 Å². The average Bonchev–Trinajstić information content (AvgIpc) is 3.18. The fourth-order valence-electron chi connectivity index (χ4n) is 4.29. The van der Waals surface area contributed by atoms with Gasteiger partial charge in [0.25, 0.3) is 0 Å². The highest BCUT2D eigenvalue weighted by Gasteiger charge is 2.10. The molecule has 0 aromatic heterocycles. The number of nitriles is 1. The lowest BCUT2D eigenvalue weighted by atomic mass is 9.97. The average molecular weight is 671 g/mol. The fraction of sp³-hybridized carbons (Fsp3) is 0.366. The van der Waals surface area contributed by atoms with Crippen LogP contribution >= 0.6 is 0 Å². The monoisotopic (exact) mass is 670 g/mol. The normalized spacial score (nSPS) is 9.31. The van der Waals surface area contributed by atoms with Crippen LogP contribution in [0.3, 0.4) is 0 Å². The summed E-state index contributed by atoms with van der Waals surface area (Å²) in [6, 6.07) is 32.4. The molecule has 0 fully saturated rings. The van der Waals surface area contributed by atoms with Crippen LogP contribution in [0.1, 0.15) is 69.4 Å². The molecule has 0 heterocycles. The highest BCUT2D eigenvalue weighted by atomic mass is 16.5. The molecule has 0 aliphatic heterocycles. The quantitative estimate of drug-likeness (QED) is 0.0754. The van der Waals surface area contributed by atoms with Crippen LogP contribution in [0.15, 0.2) is 91.0 Å². The molecule has 0 spiro atoms. The number of benzene rings is 4. The summed E-state index contributed by atoms with van der Waals surface area (Å²) in [7, 11) is 1.94. The van der Waals surface area contributed by atoms with Crippen LogP contribution in [0.4, 0.5) is 0 Å². The number of carbonyl (C=O) groups excluding carboxylic acids is 1. The second-order valence-corrected chi connectivity index (χ2v) is 9.69. The van der Waals surface area contributed by atoms with Gasteiger partial charge in [-0.15, -0.1) is 0 Å². The summed E-state index contributed by atoms with van der Waals surface area (Å²) >= 11 is 0. The van der Waals surface area contributed by atoms with Gasteiger partial charge in [-0.3, -0.25) is 4.79 Å². The van der Waals surface area contributed by atoms with E-state index >= 15 is 0 Å². The third kappa shape index (κ3) is 17.3. The smallest absolute Gasteiger partial charge is 0.207 e. The van der Waals surface area contributed by atoms with E-state index in [1.165, 1.54) is 16.7 Å². The summed E-state index contributed by atoms with van der Waals surface area (Å²) in [5.74, 6) is 1.52. The minimum absolute atomic E-state index is 0.0126. The van der Waals surface area contributed by atoms with Gasteiger partial charge < -0.3 is 30.5 Å². The van der Waals surface area contributed by atoms with Crippen molar-refractivity contribution in [1.82, 2.24) is 16.0 Å². The SMILES string of the molecule is CC.CC.CC.CNCCNCc1ccc(OCc2cccc(-c3ccccc3)c2C)cc1OCc1cccc(C#N)c1.O=CNCCO. The molecule has 49 heavy (non-hydrogen) atoms. The Kier molecular flexibility index (Phi) is 26.6. The lowest BCUT2D eigenvalue weighted by Crippen LogP contribution is -2.24. The number of aliphatic hydroxyl groups excluding tert-OH is 1. The lowest BCUT2D eigenvalue weighted by Gasteiger charge is -2.16. The second-order valence-electron chi connectivity index (χ2n) is 9.69. The van der Waals surface area contributed by atoms with Crippen molar-refractivity contribution in [1.29, 1.82) is 5.26 Å². The van der Waals surface area contributed by atoms with Crippen LogP contribution in [-0.4, -0.2) is 44.8 Å². The molecule has 0 bridgehead atoms. The molecule has 4 aromatic carbocycles. The molecular weight excluding hydrogens is 612 g/mol. The highest BCUT2D eigenvalue weighted by Crippen LogP contribution is 2.29. The molecule has 0 atom stereocenters. The van der Waals surface area contributed by atoms with Crippen LogP contribution in [0.5, 0.6) is 11.5 Å². The zero-order valence-corrected chi connectivity index (χ0v) is 30.8. The number of nitrogens with zero attached hydrogens (tertiary/aromatic N) is 1. The van der Waals surface area contributed by atoms with Gasteiger partial charge in [0.1, 0.15) is 24.7 Å². The van der Waals surface area contributed by atoms with Gasteiger partial charge in [-0.2, -0.15) is 5.26 Å². The third-order valence-electron chi connectivity index (χ3n) is 6.62. The van der Waals surface area contributed by atoms with E-state index in [1.807, 2.05) is 85.0 Å². The number of hydrogen-bond donors (Lipinski definition) is 4. The first-order valence-corrected chi connectivity index (χ1v) is 17.2. The number of hydrogen-bond acceptors (Lipinski definition) is 7. The van der Waals surface area contributed by atoms with Gasteiger partial charge in [-0.25, -0.2) is 0 Å². The van der Waals surface area contributed by atoms with Crippen LogP contribution in [0.25, 0.3) is 11.1 Å². The Morgan fingerprint density at radius 3 is 2.12 bits per heavy atom. The van der Waals surface area contributed by atoms with Crippen molar-refractivity contribution in [2.24, 2.45) is 0 Å². The number of nitrogens with one attached hydrogen (secondary N) is 3. The molecule has 4 rings (SSSR count). The summed E-state index contributed by atoms with van der Waals surface area (Å²) in [6.45, 7) is 17.8. The van der Waals surface area contributed by atoms with E-state index < -0.39 is 0 Å². The van der Waals surface area contributed by atoms with Gasteiger partial charge in [0.15, 0.2) is 0 Å². The predicted octanol–water partition coefficient (Wildman–Crippen LogP) is 7.80. The maximum Gasteiger partial charge on any atom is 0.207 e. The number of amides is 1. The van der Waals surface area contributed by atoms with Crippen LogP contribution in [0, 0.1) is 18.3 Å². The molecule has 4 aromatic rings. The first-order valence-electron chi connectivity index (χ1n) is 17.2. The summed E-state index contributed by atoms with van der Waals surface area (Å²) in [6.07, 6.45) is 0.552. The predicted molar refractivity (Wildman–Crippen MR) is 204 cm³/mol. The number of carbonyl (C=O) groups is 1. The van der Waals surface area contributed by atoms with Gasteiger partial charge in [0.2, 0.25) is 6.41 Å². The van der Waals surface area contributed by atoms with Crippen molar-refractivity contribution in [3.8, 4) is 28.7 Å². The van der Waals surface area contributed by atoms with E-state index in [1.54, 1.807) is 6.07 Å². The number of rotatable bonds is 15. The Balaban J connectivity index is 0.00000169. The van der Waals surface area contributed by atoms with Crippen molar-refractivity contribution >= 4 is 6.41 Å². The van der Waals surface area contributed by atoms with E-state index in [2.05, 4.69) is 77.5 Å². The van der Waals surface area contributed by atoms with E-state index in [4.69, 9.17) is 14.6 Å². The first kappa shape index (κ1) is 44.3.